The van der Waals surface area contributed by atoms with Gasteiger partial charge < -0.3 is 5.11 Å². The van der Waals surface area contributed by atoms with Crippen LogP contribution in [0.25, 0.3) is 11.3 Å². The van der Waals surface area contributed by atoms with Gasteiger partial charge >= 0.3 is 5.97 Å². The van der Waals surface area contributed by atoms with Crippen LogP contribution in [0.3, 0.4) is 0 Å². The summed E-state index contributed by atoms with van der Waals surface area (Å²) in [5.41, 5.74) is 3.14. The highest BCUT2D eigenvalue weighted by Gasteiger charge is 2.15. The fourth-order valence-corrected chi connectivity index (χ4v) is 1.95. The number of benzene rings is 1. The van der Waals surface area contributed by atoms with Gasteiger partial charge in [0, 0.05) is 12.6 Å². The van der Waals surface area contributed by atoms with Crippen LogP contribution in [0.2, 0.25) is 0 Å². The normalized spacial score (nSPS) is 11.6. The fraction of sp³-hybridized carbons (Fsp3) is 0.333. The Balaban J connectivity index is 2.38. The van der Waals surface area contributed by atoms with Crippen LogP contribution in [0, 0.1) is 0 Å². The summed E-state index contributed by atoms with van der Waals surface area (Å²) in [6, 6.07) is 9.67. The van der Waals surface area contributed by atoms with Gasteiger partial charge in [-0.1, -0.05) is 45.0 Å². The number of hydrogen-bond donors (Lipinski definition) is 1. The molecule has 4 heteroatoms. The average molecular weight is 258 g/mol. The van der Waals surface area contributed by atoms with E-state index in [0.29, 0.717) is 5.69 Å². The molecule has 0 saturated carbocycles. The molecule has 0 atom stereocenters. The molecule has 1 aromatic carbocycles. The Morgan fingerprint density at radius 1 is 1.21 bits per heavy atom. The molecule has 1 N–H and O–H groups in total. The summed E-state index contributed by atoms with van der Waals surface area (Å²) >= 11 is 0. The molecular weight excluding hydrogens is 240 g/mol. The van der Waals surface area contributed by atoms with Crippen molar-refractivity contribution < 1.29 is 9.90 Å². The van der Waals surface area contributed by atoms with Crippen LogP contribution in [-0.4, -0.2) is 20.9 Å². The number of aromatic carboxylic acids is 1. The molecule has 0 fully saturated rings. The van der Waals surface area contributed by atoms with E-state index in [1.165, 1.54) is 10.2 Å². The van der Waals surface area contributed by atoms with Gasteiger partial charge in [-0.05, 0) is 17.0 Å². The number of carbonyl (C=O) groups is 1. The van der Waals surface area contributed by atoms with Gasteiger partial charge in [0.15, 0.2) is 0 Å². The molecule has 2 rings (SSSR count). The maximum Gasteiger partial charge on any atom is 0.354 e. The largest absolute Gasteiger partial charge is 0.477 e. The maximum absolute atomic E-state index is 11.0. The molecule has 19 heavy (non-hydrogen) atoms. The Labute approximate surface area is 112 Å². The zero-order valence-corrected chi connectivity index (χ0v) is 11.6. The van der Waals surface area contributed by atoms with Crippen molar-refractivity contribution in [2.45, 2.75) is 26.2 Å². The van der Waals surface area contributed by atoms with E-state index in [2.05, 4.69) is 38.0 Å². The Kier molecular flexibility index (Phi) is 3.18. The third-order valence-corrected chi connectivity index (χ3v) is 3.15. The summed E-state index contributed by atoms with van der Waals surface area (Å²) in [6.07, 6.45) is 0. The summed E-state index contributed by atoms with van der Waals surface area (Å²) in [4.78, 5) is 11.0. The highest BCUT2D eigenvalue weighted by Crippen LogP contribution is 2.25. The zero-order chi connectivity index (χ0) is 14.2. The smallest absolute Gasteiger partial charge is 0.354 e. The topological polar surface area (TPSA) is 55.1 Å². The Bertz CT molecular complexity index is 604. The summed E-state index contributed by atoms with van der Waals surface area (Å²) in [7, 11) is 1.64. The number of hydrogen-bond acceptors (Lipinski definition) is 2. The van der Waals surface area contributed by atoms with Crippen molar-refractivity contribution in [3.8, 4) is 11.3 Å². The van der Waals surface area contributed by atoms with Crippen LogP contribution in [0.4, 0.5) is 0 Å². The quantitative estimate of drug-likeness (QED) is 0.900. The SMILES string of the molecule is Cn1nc(-c2ccc(C(C)(C)C)cc2)cc1C(=O)O. The first-order valence-corrected chi connectivity index (χ1v) is 6.17. The van der Waals surface area contributed by atoms with E-state index < -0.39 is 5.97 Å². The number of carboxylic acids is 1. The molecule has 0 amide bonds. The van der Waals surface area contributed by atoms with E-state index in [-0.39, 0.29) is 11.1 Å². The Morgan fingerprint density at radius 2 is 1.79 bits per heavy atom. The van der Waals surface area contributed by atoms with E-state index >= 15 is 0 Å². The predicted molar refractivity (Wildman–Crippen MR) is 74.3 cm³/mol. The highest BCUT2D eigenvalue weighted by atomic mass is 16.4. The lowest BCUT2D eigenvalue weighted by Crippen LogP contribution is -2.10. The van der Waals surface area contributed by atoms with Crippen LogP contribution < -0.4 is 0 Å². The average Bonchev–Trinajstić information content (AvgIpc) is 2.70. The molecule has 0 bridgehead atoms. The van der Waals surface area contributed by atoms with Crippen LogP contribution in [0.5, 0.6) is 0 Å². The van der Waals surface area contributed by atoms with Gasteiger partial charge in [-0.25, -0.2) is 4.79 Å². The Hall–Kier alpha value is -2.10. The lowest BCUT2D eigenvalue weighted by molar-refractivity contribution is 0.0685. The first-order valence-electron chi connectivity index (χ1n) is 6.17. The molecule has 0 saturated heterocycles. The molecule has 100 valence electrons. The van der Waals surface area contributed by atoms with Crippen molar-refractivity contribution >= 4 is 5.97 Å². The summed E-state index contributed by atoms with van der Waals surface area (Å²) in [6.45, 7) is 6.47. The van der Waals surface area contributed by atoms with Gasteiger partial charge in [0.1, 0.15) is 5.69 Å². The second-order valence-electron chi connectivity index (χ2n) is 5.67. The van der Waals surface area contributed by atoms with Gasteiger partial charge in [0.05, 0.1) is 5.69 Å². The number of aromatic nitrogens is 2. The zero-order valence-electron chi connectivity index (χ0n) is 11.6. The number of nitrogens with zero attached hydrogens (tertiary/aromatic N) is 2. The van der Waals surface area contributed by atoms with E-state index in [1.54, 1.807) is 13.1 Å². The third kappa shape index (κ3) is 2.67. The molecule has 1 aromatic heterocycles. The highest BCUT2D eigenvalue weighted by molar-refractivity contribution is 5.87. The van der Waals surface area contributed by atoms with Gasteiger partial charge in [-0.2, -0.15) is 5.10 Å². The minimum absolute atomic E-state index is 0.106. The Morgan fingerprint density at radius 3 is 2.21 bits per heavy atom. The van der Waals surface area contributed by atoms with Crippen molar-refractivity contribution in [2.24, 2.45) is 7.05 Å². The molecule has 4 nitrogen and oxygen atoms in total. The summed E-state index contributed by atoms with van der Waals surface area (Å²) < 4.78 is 1.38. The van der Waals surface area contributed by atoms with Crippen molar-refractivity contribution in [3.63, 3.8) is 0 Å². The van der Waals surface area contributed by atoms with Crippen LogP contribution in [-0.2, 0) is 12.5 Å². The molecule has 0 aliphatic heterocycles. The summed E-state index contributed by atoms with van der Waals surface area (Å²) in [5, 5.41) is 13.2. The van der Waals surface area contributed by atoms with Crippen LogP contribution in [0.1, 0.15) is 36.8 Å². The monoisotopic (exact) mass is 258 g/mol. The molecular formula is C15H18N2O2. The van der Waals surface area contributed by atoms with Gasteiger partial charge in [-0.15, -0.1) is 0 Å². The molecule has 0 radical (unpaired) electrons. The van der Waals surface area contributed by atoms with E-state index in [4.69, 9.17) is 5.11 Å². The fourth-order valence-electron chi connectivity index (χ4n) is 1.95. The minimum atomic E-state index is -0.965. The molecule has 0 spiro atoms. The third-order valence-electron chi connectivity index (χ3n) is 3.15. The second kappa shape index (κ2) is 4.53. The number of carboxylic acid groups (broad SMARTS) is 1. The van der Waals surface area contributed by atoms with E-state index in [0.717, 1.165) is 5.56 Å². The molecule has 0 aliphatic carbocycles. The van der Waals surface area contributed by atoms with E-state index in [9.17, 15) is 4.79 Å². The van der Waals surface area contributed by atoms with Crippen molar-refractivity contribution in [1.29, 1.82) is 0 Å². The lowest BCUT2D eigenvalue weighted by atomic mass is 9.86. The molecule has 2 aromatic rings. The van der Waals surface area contributed by atoms with Gasteiger partial charge in [0.25, 0.3) is 0 Å². The standard InChI is InChI=1S/C15H18N2O2/c1-15(2,3)11-7-5-10(6-8-11)12-9-13(14(18)19)17(4)16-12/h5-9H,1-4H3,(H,18,19). The van der Waals surface area contributed by atoms with Crippen LogP contribution >= 0.6 is 0 Å². The second-order valence-corrected chi connectivity index (χ2v) is 5.67. The molecule has 0 unspecified atom stereocenters. The summed E-state index contributed by atoms with van der Waals surface area (Å²) in [5.74, 6) is -0.965. The minimum Gasteiger partial charge on any atom is -0.477 e. The lowest BCUT2D eigenvalue weighted by Gasteiger charge is -2.18. The first kappa shape index (κ1) is 13.3. The van der Waals surface area contributed by atoms with Crippen LogP contribution in [0.15, 0.2) is 30.3 Å². The van der Waals surface area contributed by atoms with Gasteiger partial charge in [0.2, 0.25) is 0 Å². The maximum atomic E-state index is 11.0. The molecule has 1 heterocycles. The van der Waals surface area contributed by atoms with E-state index in [1.807, 2.05) is 12.1 Å². The first-order chi connectivity index (χ1) is 8.79. The van der Waals surface area contributed by atoms with Crippen molar-refractivity contribution in [2.75, 3.05) is 0 Å². The van der Waals surface area contributed by atoms with Gasteiger partial charge in [-0.3, -0.25) is 4.68 Å². The number of rotatable bonds is 2. The predicted octanol–water partition coefficient (Wildman–Crippen LogP) is 3.08. The van der Waals surface area contributed by atoms with Crippen molar-refractivity contribution in [3.05, 3.63) is 41.6 Å². The van der Waals surface area contributed by atoms with Crippen molar-refractivity contribution in [1.82, 2.24) is 9.78 Å². The molecule has 0 aliphatic rings. The number of aryl methyl sites for hydroxylation is 1.